The SMILES string of the molecule is O=C1[C@@H](Sc2ccc(F)cc2)CCN1CC(F)(F)F. The number of nitrogens with zero attached hydrogens (tertiary/aromatic N) is 1. The van der Waals surface area contributed by atoms with Gasteiger partial charge in [-0.15, -0.1) is 11.8 Å². The summed E-state index contributed by atoms with van der Waals surface area (Å²) >= 11 is 1.17. The van der Waals surface area contributed by atoms with Crippen molar-refractivity contribution in [3.8, 4) is 0 Å². The van der Waals surface area contributed by atoms with E-state index in [9.17, 15) is 22.4 Å². The third-order valence-corrected chi connectivity index (χ3v) is 3.98. The maximum Gasteiger partial charge on any atom is 0.406 e. The molecule has 0 spiro atoms. The largest absolute Gasteiger partial charge is 0.406 e. The molecular weight excluding hydrogens is 282 g/mol. The van der Waals surface area contributed by atoms with Crippen molar-refractivity contribution >= 4 is 17.7 Å². The van der Waals surface area contributed by atoms with Crippen LogP contribution in [0.5, 0.6) is 0 Å². The minimum Gasteiger partial charge on any atom is -0.333 e. The first-order chi connectivity index (χ1) is 8.85. The van der Waals surface area contributed by atoms with E-state index in [2.05, 4.69) is 0 Å². The van der Waals surface area contributed by atoms with Crippen LogP contribution in [0.1, 0.15) is 6.42 Å². The molecule has 0 N–H and O–H groups in total. The molecule has 1 aromatic carbocycles. The van der Waals surface area contributed by atoms with Gasteiger partial charge in [-0.25, -0.2) is 4.39 Å². The van der Waals surface area contributed by atoms with Crippen LogP contribution in [-0.2, 0) is 4.79 Å². The summed E-state index contributed by atoms with van der Waals surface area (Å²) in [5, 5.41) is -0.521. The summed E-state index contributed by atoms with van der Waals surface area (Å²) < 4.78 is 49.4. The number of benzene rings is 1. The highest BCUT2D eigenvalue weighted by atomic mass is 32.2. The van der Waals surface area contributed by atoms with Gasteiger partial charge in [0, 0.05) is 11.4 Å². The highest BCUT2D eigenvalue weighted by molar-refractivity contribution is 8.00. The Bertz CT molecular complexity index is 460. The summed E-state index contributed by atoms with van der Waals surface area (Å²) in [6.07, 6.45) is -4.00. The van der Waals surface area contributed by atoms with Crippen molar-refractivity contribution in [3.05, 3.63) is 30.1 Å². The number of likely N-dealkylation sites (tertiary alicyclic amines) is 1. The summed E-state index contributed by atoms with van der Waals surface area (Å²) in [6.45, 7) is -1.09. The number of alkyl halides is 3. The van der Waals surface area contributed by atoms with Gasteiger partial charge in [0.05, 0.1) is 5.25 Å². The van der Waals surface area contributed by atoms with Crippen LogP contribution in [0.15, 0.2) is 29.2 Å². The quantitative estimate of drug-likeness (QED) is 0.798. The van der Waals surface area contributed by atoms with Crippen molar-refractivity contribution in [2.24, 2.45) is 0 Å². The Kier molecular flexibility index (Phi) is 4.03. The van der Waals surface area contributed by atoms with E-state index >= 15 is 0 Å². The number of amides is 1. The van der Waals surface area contributed by atoms with E-state index in [-0.39, 0.29) is 12.4 Å². The van der Waals surface area contributed by atoms with Gasteiger partial charge in [0.2, 0.25) is 5.91 Å². The molecule has 0 bridgehead atoms. The lowest BCUT2D eigenvalue weighted by atomic mass is 10.3. The van der Waals surface area contributed by atoms with E-state index in [4.69, 9.17) is 0 Å². The van der Waals surface area contributed by atoms with Crippen LogP contribution in [0, 0.1) is 5.82 Å². The molecule has 0 aliphatic carbocycles. The zero-order valence-corrected chi connectivity index (χ0v) is 10.6. The summed E-state index contributed by atoms with van der Waals surface area (Å²) in [7, 11) is 0. The topological polar surface area (TPSA) is 20.3 Å². The molecule has 1 atom stereocenters. The fraction of sp³-hybridized carbons (Fsp3) is 0.417. The minimum atomic E-state index is -4.37. The molecule has 2 rings (SSSR count). The second-order valence-corrected chi connectivity index (χ2v) is 5.50. The second kappa shape index (κ2) is 5.40. The monoisotopic (exact) mass is 293 g/mol. The molecule has 0 aromatic heterocycles. The standard InChI is InChI=1S/C12H11F4NOS/c13-8-1-3-9(4-2-8)19-10-5-6-17(11(10)18)7-12(14,15)16/h1-4,10H,5-7H2/t10-/m0/s1. The van der Waals surface area contributed by atoms with E-state index in [1.54, 1.807) is 0 Å². The number of hydrogen-bond donors (Lipinski definition) is 0. The van der Waals surface area contributed by atoms with Crippen molar-refractivity contribution in [1.29, 1.82) is 0 Å². The summed E-state index contributed by atoms with van der Waals surface area (Å²) in [5.74, 6) is -0.896. The Labute approximate surface area is 111 Å². The van der Waals surface area contributed by atoms with Crippen LogP contribution in [0.3, 0.4) is 0 Å². The van der Waals surface area contributed by atoms with Gasteiger partial charge >= 0.3 is 6.18 Å². The molecule has 2 nitrogen and oxygen atoms in total. The van der Waals surface area contributed by atoms with Gasteiger partial charge in [-0.2, -0.15) is 13.2 Å². The third-order valence-electron chi connectivity index (χ3n) is 2.71. The van der Waals surface area contributed by atoms with Crippen LogP contribution in [-0.4, -0.2) is 35.3 Å². The van der Waals surface area contributed by atoms with Gasteiger partial charge in [0.15, 0.2) is 0 Å². The van der Waals surface area contributed by atoms with Crippen LogP contribution < -0.4 is 0 Å². The van der Waals surface area contributed by atoms with E-state index in [0.717, 1.165) is 4.90 Å². The molecule has 0 radical (unpaired) electrons. The molecule has 0 saturated carbocycles. The van der Waals surface area contributed by atoms with Crippen molar-refractivity contribution in [2.75, 3.05) is 13.1 Å². The van der Waals surface area contributed by atoms with Crippen molar-refractivity contribution in [1.82, 2.24) is 4.90 Å². The maximum atomic E-state index is 12.7. The highest BCUT2D eigenvalue weighted by Crippen LogP contribution is 2.32. The average molecular weight is 293 g/mol. The van der Waals surface area contributed by atoms with Gasteiger partial charge in [-0.3, -0.25) is 4.79 Å². The number of halogens is 4. The predicted molar refractivity (Wildman–Crippen MR) is 63.3 cm³/mol. The molecule has 1 aliphatic rings. The Balaban J connectivity index is 1.96. The highest BCUT2D eigenvalue weighted by Gasteiger charge is 2.39. The zero-order chi connectivity index (χ0) is 14.0. The molecular formula is C12H11F4NOS. The third kappa shape index (κ3) is 3.86. The maximum absolute atomic E-state index is 12.7. The van der Waals surface area contributed by atoms with Crippen molar-refractivity contribution in [2.45, 2.75) is 22.7 Å². The molecule has 104 valence electrons. The first-order valence-corrected chi connectivity index (χ1v) is 6.51. The molecule has 0 unspecified atom stereocenters. The van der Waals surface area contributed by atoms with Gasteiger partial charge in [-0.05, 0) is 30.7 Å². The Hall–Kier alpha value is -1.24. The molecule has 1 fully saturated rings. The second-order valence-electron chi connectivity index (χ2n) is 4.22. The number of rotatable bonds is 3. The van der Waals surface area contributed by atoms with E-state index in [1.807, 2.05) is 0 Å². The molecule has 1 heterocycles. The lowest BCUT2D eigenvalue weighted by Gasteiger charge is -2.18. The fourth-order valence-electron chi connectivity index (χ4n) is 1.87. The van der Waals surface area contributed by atoms with Crippen molar-refractivity contribution in [3.63, 3.8) is 0 Å². The zero-order valence-electron chi connectivity index (χ0n) is 9.78. The molecule has 1 amide bonds. The molecule has 7 heteroatoms. The normalized spacial score (nSPS) is 20.1. The lowest BCUT2D eigenvalue weighted by molar-refractivity contribution is -0.157. The Morgan fingerprint density at radius 1 is 1.26 bits per heavy atom. The van der Waals surface area contributed by atoms with E-state index in [0.29, 0.717) is 11.3 Å². The van der Waals surface area contributed by atoms with E-state index < -0.39 is 23.9 Å². The average Bonchev–Trinajstić information content (AvgIpc) is 2.63. The number of thioether (sulfide) groups is 1. The first-order valence-electron chi connectivity index (χ1n) is 5.63. The minimum absolute atomic E-state index is 0.108. The lowest BCUT2D eigenvalue weighted by Crippen LogP contribution is -2.36. The van der Waals surface area contributed by atoms with Crippen LogP contribution in [0.25, 0.3) is 0 Å². The number of carbonyl (C=O) groups is 1. The van der Waals surface area contributed by atoms with Gasteiger partial charge < -0.3 is 4.90 Å². The number of hydrogen-bond acceptors (Lipinski definition) is 2. The molecule has 19 heavy (non-hydrogen) atoms. The first kappa shape index (κ1) is 14.2. The Morgan fingerprint density at radius 3 is 2.47 bits per heavy atom. The van der Waals surface area contributed by atoms with Gasteiger partial charge in [-0.1, -0.05) is 0 Å². The smallest absolute Gasteiger partial charge is 0.333 e. The van der Waals surface area contributed by atoms with Crippen LogP contribution >= 0.6 is 11.8 Å². The van der Waals surface area contributed by atoms with Crippen molar-refractivity contribution < 1.29 is 22.4 Å². The van der Waals surface area contributed by atoms with Gasteiger partial charge in [0.25, 0.3) is 0 Å². The molecule has 1 aliphatic heterocycles. The molecule has 1 saturated heterocycles. The predicted octanol–water partition coefficient (Wildman–Crippen LogP) is 3.08. The summed E-state index contributed by atoms with van der Waals surface area (Å²) in [5.41, 5.74) is 0. The number of carbonyl (C=O) groups excluding carboxylic acids is 1. The summed E-state index contributed by atoms with van der Waals surface area (Å²) in [6, 6.07) is 5.55. The molecule has 1 aromatic rings. The van der Waals surface area contributed by atoms with Crippen LogP contribution in [0.2, 0.25) is 0 Å². The van der Waals surface area contributed by atoms with Crippen LogP contribution in [0.4, 0.5) is 17.6 Å². The fourth-order valence-corrected chi connectivity index (χ4v) is 2.97. The summed E-state index contributed by atoms with van der Waals surface area (Å²) in [4.78, 5) is 13.3. The van der Waals surface area contributed by atoms with Gasteiger partial charge in [0.1, 0.15) is 12.4 Å². The van der Waals surface area contributed by atoms with E-state index in [1.165, 1.54) is 36.0 Å². The Morgan fingerprint density at radius 2 is 1.89 bits per heavy atom.